The van der Waals surface area contributed by atoms with E-state index in [0.717, 1.165) is 5.56 Å². The summed E-state index contributed by atoms with van der Waals surface area (Å²) in [5, 5.41) is 16.4. The normalized spacial score (nSPS) is 13.4. The number of aromatic nitrogens is 3. The molecule has 0 saturated carbocycles. The van der Waals surface area contributed by atoms with Gasteiger partial charge in [-0.05, 0) is 55.8 Å². The Morgan fingerprint density at radius 3 is 2.55 bits per heavy atom. The van der Waals surface area contributed by atoms with Crippen molar-refractivity contribution in [3.8, 4) is 22.8 Å². The molecule has 0 bridgehead atoms. The number of aryl methyl sites for hydroxylation is 1. The Hall–Kier alpha value is -3.07. The molecular formula is C23H18Cl2N4O3S. The van der Waals surface area contributed by atoms with Crippen LogP contribution >= 0.6 is 23.2 Å². The van der Waals surface area contributed by atoms with Gasteiger partial charge in [0.15, 0.2) is 5.82 Å². The lowest BCUT2D eigenvalue weighted by molar-refractivity contribution is 0.428. The van der Waals surface area contributed by atoms with Gasteiger partial charge < -0.3 is 5.11 Å². The van der Waals surface area contributed by atoms with Crippen LogP contribution in [0.15, 0.2) is 65.7 Å². The number of fused-ring (bicyclic) bond motifs is 3. The molecule has 33 heavy (non-hydrogen) atoms. The van der Waals surface area contributed by atoms with Gasteiger partial charge in [-0.15, -0.1) is 0 Å². The van der Waals surface area contributed by atoms with Crippen molar-refractivity contribution in [3.63, 3.8) is 0 Å². The van der Waals surface area contributed by atoms with Gasteiger partial charge in [0.25, 0.3) is 10.0 Å². The van der Waals surface area contributed by atoms with Crippen molar-refractivity contribution in [3.05, 3.63) is 82.0 Å². The van der Waals surface area contributed by atoms with E-state index in [2.05, 4.69) is 10.1 Å². The van der Waals surface area contributed by atoms with Crippen molar-refractivity contribution in [2.75, 3.05) is 10.8 Å². The zero-order chi connectivity index (χ0) is 23.3. The minimum atomic E-state index is -3.88. The summed E-state index contributed by atoms with van der Waals surface area (Å²) in [6.07, 6.45) is 1.77. The standard InChI is InChI=1S/C23H18Cl2N4O3S/c1-14-4-7-16(8-5-14)33(31,32)28-12-10-18-21(17-3-2-11-26-22(17)28)27-29(23(18)30)20-9-6-15(24)13-19(20)25/h2-9,11,13,30H,10,12H2,1H3. The predicted octanol–water partition coefficient (Wildman–Crippen LogP) is 5.01. The molecule has 1 aliphatic rings. The van der Waals surface area contributed by atoms with Crippen LogP contribution in [0, 0.1) is 6.92 Å². The maximum absolute atomic E-state index is 13.5. The fraction of sp³-hybridized carbons (Fsp3) is 0.130. The fourth-order valence-electron chi connectivity index (χ4n) is 3.88. The monoisotopic (exact) mass is 500 g/mol. The molecule has 168 valence electrons. The van der Waals surface area contributed by atoms with Gasteiger partial charge in [-0.3, -0.25) is 0 Å². The van der Waals surface area contributed by atoms with E-state index < -0.39 is 10.0 Å². The van der Waals surface area contributed by atoms with E-state index in [9.17, 15) is 13.5 Å². The highest BCUT2D eigenvalue weighted by molar-refractivity contribution is 7.92. The second-order valence-electron chi connectivity index (χ2n) is 7.67. The first-order valence-electron chi connectivity index (χ1n) is 10.1. The van der Waals surface area contributed by atoms with Crippen molar-refractivity contribution >= 4 is 39.0 Å². The molecule has 2 aromatic carbocycles. The first kappa shape index (κ1) is 21.8. The highest BCUT2D eigenvalue weighted by Crippen LogP contribution is 2.41. The van der Waals surface area contributed by atoms with E-state index >= 15 is 0 Å². The summed E-state index contributed by atoms with van der Waals surface area (Å²) < 4.78 is 29.6. The minimum absolute atomic E-state index is 0.0842. The number of halogens is 2. The van der Waals surface area contributed by atoms with E-state index in [1.165, 1.54) is 15.2 Å². The summed E-state index contributed by atoms with van der Waals surface area (Å²) in [5.41, 5.74) is 2.88. The zero-order valence-corrected chi connectivity index (χ0v) is 19.7. The number of hydrogen-bond donors (Lipinski definition) is 1. The van der Waals surface area contributed by atoms with Crippen LogP contribution in [0.1, 0.15) is 11.1 Å². The number of rotatable bonds is 3. The Morgan fingerprint density at radius 2 is 1.82 bits per heavy atom. The third-order valence-corrected chi connectivity index (χ3v) is 7.89. The summed E-state index contributed by atoms with van der Waals surface area (Å²) in [6.45, 7) is 1.98. The third-order valence-electron chi connectivity index (χ3n) is 5.55. The Balaban J connectivity index is 1.66. The smallest absolute Gasteiger partial charge is 0.265 e. The van der Waals surface area contributed by atoms with Crippen LogP contribution in [0.4, 0.5) is 5.82 Å². The fourth-order valence-corrected chi connectivity index (χ4v) is 5.81. The van der Waals surface area contributed by atoms with Crippen LogP contribution in [-0.4, -0.2) is 34.8 Å². The first-order chi connectivity index (χ1) is 15.8. The van der Waals surface area contributed by atoms with Crippen LogP contribution in [0.3, 0.4) is 0 Å². The number of aromatic hydroxyl groups is 1. The van der Waals surface area contributed by atoms with Crippen molar-refractivity contribution in [1.82, 2.24) is 14.8 Å². The van der Waals surface area contributed by atoms with E-state index in [0.29, 0.717) is 32.6 Å². The number of anilines is 1. The molecule has 5 rings (SSSR count). The van der Waals surface area contributed by atoms with Crippen molar-refractivity contribution in [1.29, 1.82) is 0 Å². The molecule has 1 N–H and O–H groups in total. The number of benzene rings is 2. The zero-order valence-electron chi connectivity index (χ0n) is 17.4. The first-order valence-corrected chi connectivity index (χ1v) is 12.3. The third kappa shape index (κ3) is 3.64. The summed E-state index contributed by atoms with van der Waals surface area (Å²) in [7, 11) is -3.88. The lowest BCUT2D eigenvalue weighted by atomic mass is 10.1. The lowest BCUT2D eigenvalue weighted by Gasteiger charge is -2.23. The average molecular weight is 501 g/mol. The molecule has 4 aromatic rings. The largest absolute Gasteiger partial charge is 0.493 e. The van der Waals surface area contributed by atoms with E-state index in [1.54, 1.807) is 54.6 Å². The molecule has 0 fully saturated rings. The molecule has 0 atom stereocenters. The minimum Gasteiger partial charge on any atom is -0.493 e. The SMILES string of the molecule is Cc1ccc(S(=O)(=O)N2CCc3c(nn(-c4ccc(Cl)cc4Cl)c3O)-c3cccnc32)cc1. The summed E-state index contributed by atoms with van der Waals surface area (Å²) in [5.74, 6) is 0.141. The summed E-state index contributed by atoms with van der Waals surface area (Å²) >= 11 is 12.3. The second-order valence-corrected chi connectivity index (χ2v) is 10.4. The van der Waals surface area contributed by atoms with Gasteiger partial charge in [-0.1, -0.05) is 40.9 Å². The molecule has 10 heteroatoms. The predicted molar refractivity (Wildman–Crippen MR) is 128 cm³/mol. The molecule has 0 amide bonds. The quantitative estimate of drug-likeness (QED) is 0.427. The van der Waals surface area contributed by atoms with Crippen LogP contribution < -0.4 is 4.31 Å². The molecule has 0 unspecified atom stereocenters. The number of sulfonamides is 1. The Bertz CT molecular complexity index is 1480. The number of pyridine rings is 1. The molecule has 2 aromatic heterocycles. The maximum atomic E-state index is 13.5. The topological polar surface area (TPSA) is 88.3 Å². The molecule has 0 saturated heterocycles. The number of nitrogens with zero attached hydrogens (tertiary/aromatic N) is 4. The van der Waals surface area contributed by atoms with Gasteiger partial charge in [0.2, 0.25) is 5.88 Å². The van der Waals surface area contributed by atoms with Crippen molar-refractivity contribution in [2.45, 2.75) is 18.2 Å². The summed E-state index contributed by atoms with van der Waals surface area (Å²) in [4.78, 5) is 4.55. The van der Waals surface area contributed by atoms with Crippen molar-refractivity contribution < 1.29 is 13.5 Å². The maximum Gasteiger partial charge on any atom is 0.265 e. The van der Waals surface area contributed by atoms with Crippen molar-refractivity contribution in [2.24, 2.45) is 0 Å². The van der Waals surface area contributed by atoms with E-state index in [-0.39, 0.29) is 29.6 Å². The van der Waals surface area contributed by atoms with Gasteiger partial charge in [0.1, 0.15) is 5.69 Å². The highest BCUT2D eigenvalue weighted by atomic mass is 35.5. The van der Waals surface area contributed by atoms with Crippen LogP contribution in [0.2, 0.25) is 10.0 Å². The second kappa shape index (κ2) is 8.06. The Morgan fingerprint density at radius 1 is 1.06 bits per heavy atom. The lowest BCUT2D eigenvalue weighted by Crippen LogP contribution is -2.33. The van der Waals surface area contributed by atoms with Gasteiger partial charge >= 0.3 is 0 Å². The van der Waals surface area contributed by atoms with E-state index in [1.807, 2.05) is 6.92 Å². The van der Waals surface area contributed by atoms with Crippen LogP contribution in [0.25, 0.3) is 16.9 Å². The van der Waals surface area contributed by atoms with Crippen LogP contribution in [0.5, 0.6) is 5.88 Å². The molecule has 1 aliphatic heterocycles. The molecule has 3 heterocycles. The van der Waals surface area contributed by atoms with Crippen LogP contribution in [-0.2, 0) is 16.4 Å². The molecular weight excluding hydrogens is 483 g/mol. The highest BCUT2D eigenvalue weighted by Gasteiger charge is 2.34. The molecule has 0 aliphatic carbocycles. The summed E-state index contributed by atoms with van der Waals surface area (Å²) in [6, 6.07) is 15.0. The number of hydrogen-bond acceptors (Lipinski definition) is 5. The molecule has 0 radical (unpaired) electrons. The van der Waals surface area contributed by atoms with Gasteiger partial charge in [-0.2, -0.15) is 9.78 Å². The van der Waals surface area contributed by atoms with Gasteiger partial charge in [-0.25, -0.2) is 17.7 Å². The van der Waals surface area contributed by atoms with Gasteiger partial charge in [0.05, 0.1) is 15.6 Å². The average Bonchev–Trinajstić information content (AvgIpc) is 3.00. The molecule has 7 nitrogen and oxygen atoms in total. The molecule has 0 spiro atoms. The van der Waals surface area contributed by atoms with Gasteiger partial charge in [0, 0.05) is 28.9 Å². The Kier molecular flexibility index (Phi) is 5.31. The van der Waals surface area contributed by atoms with E-state index in [4.69, 9.17) is 23.2 Å². The Labute approximate surface area is 200 Å².